The molecule has 2 atom stereocenters. The van der Waals surface area contributed by atoms with Crippen LogP contribution in [0.25, 0.3) is 0 Å². The molecule has 0 heterocycles. The van der Waals surface area contributed by atoms with Crippen LogP contribution in [0.2, 0.25) is 0 Å². The van der Waals surface area contributed by atoms with Crippen molar-refractivity contribution in [3.8, 4) is 0 Å². The maximum atomic E-state index is 11.7. The number of hydrogen-bond acceptors (Lipinski definition) is 4. The molecule has 0 saturated carbocycles. The first-order chi connectivity index (χ1) is 9.81. The van der Waals surface area contributed by atoms with E-state index in [1.54, 1.807) is 6.92 Å². The number of carbonyl (C=O) groups is 2. The molecule has 0 radical (unpaired) electrons. The van der Waals surface area contributed by atoms with Gasteiger partial charge >= 0.3 is 6.09 Å². The van der Waals surface area contributed by atoms with Crippen LogP contribution in [0, 0.1) is 0 Å². The Morgan fingerprint density at radius 1 is 1.29 bits per heavy atom. The van der Waals surface area contributed by atoms with Crippen LogP contribution in [-0.4, -0.2) is 30.1 Å². The smallest absolute Gasteiger partial charge is 0.408 e. The van der Waals surface area contributed by atoms with Crippen LogP contribution in [0.5, 0.6) is 0 Å². The van der Waals surface area contributed by atoms with Crippen LogP contribution >= 0.6 is 0 Å². The van der Waals surface area contributed by atoms with Gasteiger partial charge in [0.25, 0.3) is 0 Å². The summed E-state index contributed by atoms with van der Waals surface area (Å²) in [5, 5.41) is 2.51. The van der Waals surface area contributed by atoms with Crippen molar-refractivity contribution in [2.75, 3.05) is 0 Å². The van der Waals surface area contributed by atoms with Crippen LogP contribution in [0.1, 0.15) is 33.3 Å². The second-order valence-corrected chi connectivity index (χ2v) is 5.80. The van der Waals surface area contributed by atoms with E-state index >= 15 is 0 Å². The quantitative estimate of drug-likeness (QED) is 0.819. The van der Waals surface area contributed by atoms with E-state index in [0.29, 0.717) is 6.29 Å². The molecule has 0 fully saturated rings. The summed E-state index contributed by atoms with van der Waals surface area (Å²) in [7, 11) is 0. The molecule has 0 aliphatic rings. The highest BCUT2D eigenvalue weighted by atomic mass is 16.5. The predicted octanol–water partition coefficient (Wildman–Crippen LogP) is 2.68. The fraction of sp³-hybridized carbons (Fsp3) is 0.500. The lowest BCUT2D eigenvalue weighted by molar-refractivity contribution is -0.117. The Labute approximate surface area is 125 Å². The van der Waals surface area contributed by atoms with Gasteiger partial charge < -0.3 is 19.6 Å². The molecule has 1 N–H and O–H groups in total. The van der Waals surface area contributed by atoms with Crippen molar-refractivity contribution in [1.82, 2.24) is 5.32 Å². The summed E-state index contributed by atoms with van der Waals surface area (Å²) in [6.07, 6.45) is -0.424. The van der Waals surface area contributed by atoms with Gasteiger partial charge in [-0.3, -0.25) is 0 Å². The minimum atomic E-state index is -0.743. The lowest BCUT2D eigenvalue weighted by Gasteiger charge is -2.28. The molecule has 1 rings (SSSR count). The molecule has 1 aromatic rings. The van der Waals surface area contributed by atoms with Gasteiger partial charge in [-0.25, -0.2) is 4.79 Å². The van der Waals surface area contributed by atoms with E-state index in [4.69, 9.17) is 9.47 Å². The number of ether oxygens (including phenoxy) is 2. The average molecular weight is 293 g/mol. The van der Waals surface area contributed by atoms with Crippen molar-refractivity contribution in [3.63, 3.8) is 0 Å². The summed E-state index contributed by atoms with van der Waals surface area (Å²) in [4.78, 5) is 22.8. The van der Waals surface area contributed by atoms with Gasteiger partial charge in [0.2, 0.25) is 0 Å². The SMILES string of the molecule is C[C@@H](OC(C)(C)C)[C@@H](C=O)NC(=O)OCc1ccccc1. The van der Waals surface area contributed by atoms with Crippen molar-refractivity contribution in [2.45, 2.75) is 52.0 Å². The van der Waals surface area contributed by atoms with Crippen LogP contribution in [0.15, 0.2) is 30.3 Å². The summed E-state index contributed by atoms with van der Waals surface area (Å²) in [5.74, 6) is 0. The molecule has 0 aliphatic heterocycles. The molecule has 0 unspecified atom stereocenters. The molecule has 1 amide bonds. The Hall–Kier alpha value is -1.88. The van der Waals surface area contributed by atoms with E-state index in [-0.39, 0.29) is 6.61 Å². The Kier molecular flexibility index (Phi) is 6.37. The van der Waals surface area contributed by atoms with Gasteiger partial charge in [0.1, 0.15) is 18.9 Å². The third kappa shape index (κ3) is 6.90. The van der Waals surface area contributed by atoms with E-state index in [0.717, 1.165) is 5.56 Å². The summed E-state index contributed by atoms with van der Waals surface area (Å²) < 4.78 is 10.7. The highest BCUT2D eigenvalue weighted by molar-refractivity contribution is 5.73. The molecule has 0 aromatic heterocycles. The molecule has 0 spiro atoms. The first kappa shape index (κ1) is 17.2. The second-order valence-electron chi connectivity index (χ2n) is 5.80. The van der Waals surface area contributed by atoms with Gasteiger partial charge in [-0.15, -0.1) is 0 Å². The van der Waals surface area contributed by atoms with Crippen molar-refractivity contribution < 1.29 is 19.1 Å². The molecular weight excluding hydrogens is 270 g/mol. The zero-order chi connectivity index (χ0) is 15.9. The summed E-state index contributed by atoms with van der Waals surface area (Å²) in [5.41, 5.74) is 0.491. The van der Waals surface area contributed by atoms with Gasteiger partial charge in [-0.05, 0) is 33.3 Å². The molecule has 5 heteroatoms. The standard InChI is InChI=1S/C16H23NO4/c1-12(21-16(2,3)4)14(10-18)17-15(19)20-11-13-8-6-5-7-9-13/h5-10,12,14H,11H2,1-4H3,(H,17,19)/t12-,14-/m1/s1. The number of benzene rings is 1. The monoisotopic (exact) mass is 293 g/mol. The average Bonchev–Trinajstić information content (AvgIpc) is 2.41. The van der Waals surface area contributed by atoms with Crippen LogP contribution < -0.4 is 5.32 Å². The third-order valence-corrected chi connectivity index (χ3v) is 2.69. The maximum absolute atomic E-state index is 11.7. The third-order valence-electron chi connectivity index (χ3n) is 2.69. The zero-order valence-corrected chi connectivity index (χ0v) is 13.0. The number of amides is 1. The van der Waals surface area contributed by atoms with Crippen LogP contribution in [0.4, 0.5) is 4.79 Å². The van der Waals surface area contributed by atoms with Crippen molar-refractivity contribution in [3.05, 3.63) is 35.9 Å². The van der Waals surface area contributed by atoms with Crippen molar-refractivity contribution >= 4 is 12.4 Å². The summed E-state index contributed by atoms with van der Waals surface area (Å²) in [6, 6.07) is 8.59. The Morgan fingerprint density at radius 2 is 1.90 bits per heavy atom. The fourth-order valence-electron chi connectivity index (χ4n) is 1.79. The fourth-order valence-corrected chi connectivity index (χ4v) is 1.79. The van der Waals surface area contributed by atoms with Gasteiger partial charge in [-0.2, -0.15) is 0 Å². The lowest BCUT2D eigenvalue weighted by atomic mass is 10.1. The van der Waals surface area contributed by atoms with E-state index < -0.39 is 23.8 Å². The molecule has 21 heavy (non-hydrogen) atoms. The van der Waals surface area contributed by atoms with Gasteiger partial charge in [0.05, 0.1) is 11.7 Å². The number of alkyl carbamates (subject to hydrolysis) is 1. The number of nitrogens with one attached hydrogen (secondary N) is 1. The number of aldehydes is 1. The minimum Gasteiger partial charge on any atom is -0.445 e. The van der Waals surface area contributed by atoms with Crippen LogP contribution in [0.3, 0.4) is 0 Å². The Balaban J connectivity index is 2.45. The van der Waals surface area contributed by atoms with E-state index in [1.165, 1.54) is 0 Å². The lowest BCUT2D eigenvalue weighted by Crippen LogP contribution is -2.46. The summed E-state index contributed by atoms with van der Waals surface area (Å²) in [6.45, 7) is 7.56. The number of carbonyl (C=O) groups excluding carboxylic acids is 2. The Morgan fingerprint density at radius 3 is 2.43 bits per heavy atom. The number of hydrogen-bond donors (Lipinski definition) is 1. The van der Waals surface area contributed by atoms with Crippen molar-refractivity contribution in [1.29, 1.82) is 0 Å². The van der Waals surface area contributed by atoms with Crippen LogP contribution in [-0.2, 0) is 20.9 Å². The molecule has 5 nitrogen and oxygen atoms in total. The zero-order valence-electron chi connectivity index (χ0n) is 13.0. The highest BCUT2D eigenvalue weighted by Crippen LogP contribution is 2.12. The first-order valence-electron chi connectivity index (χ1n) is 6.92. The molecule has 1 aromatic carbocycles. The largest absolute Gasteiger partial charge is 0.445 e. The normalized spacial score (nSPS) is 14.1. The second kappa shape index (κ2) is 7.78. The van der Waals surface area contributed by atoms with Crippen molar-refractivity contribution in [2.24, 2.45) is 0 Å². The maximum Gasteiger partial charge on any atom is 0.408 e. The first-order valence-corrected chi connectivity index (χ1v) is 6.92. The molecule has 116 valence electrons. The van der Waals surface area contributed by atoms with E-state index in [9.17, 15) is 9.59 Å². The molecule has 0 bridgehead atoms. The van der Waals surface area contributed by atoms with Gasteiger partial charge in [-0.1, -0.05) is 30.3 Å². The van der Waals surface area contributed by atoms with E-state index in [2.05, 4.69) is 5.32 Å². The molecule has 0 saturated heterocycles. The van der Waals surface area contributed by atoms with E-state index in [1.807, 2.05) is 51.1 Å². The topological polar surface area (TPSA) is 64.6 Å². The number of rotatable bonds is 6. The molecular formula is C16H23NO4. The van der Waals surface area contributed by atoms with Gasteiger partial charge in [0, 0.05) is 0 Å². The Bertz CT molecular complexity index is 453. The summed E-state index contributed by atoms with van der Waals surface area (Å²) >= 11 is 0. The molecule has 0 aliphatic carbocycles. The predicted molar refractivity (Wildman–Crippen MR) is 79.9 cm³/mol. The van der Waals surface area contributed by atoms with Gasteiger partial charge in [0.15, 0.2) is 0 Å². The highest BCUT2D eigenvalue weighted by Gasteiger charge is 2.24. The minimum absolute atomic E-state index is 0.159.